The zero-order valence-corrected chi connectivity index (χ0v) is 13.8. The molecule has 0 bridgehead atoms. The minimum absolute atomic E-state index is 0.100. The molecule has 2 aromatic rings. The predicted octanol–water partition coefficient (Wildman–Crippen LogP) is 4.09. The Bertz CT molecular complexity index is 756. The molecule has 2 aliphatic rings. The molecule has 1 aromatic carbocycles. The van der Waals surface area contributed by atoms with E-state index >= 15 is 0 Å². The van der Waals surface area contributed by atoms with Crippen molar-refractivity contribution in [3.8, 4) is 0 Å². The van der Waals surface area contributed by atoms with Crippen LogP contribution in [0.25, 0.3) is 0 Å². The number of aromatic nitrogens is 2. The fourth-order valence-electron chi connectivity index (χ4n) is 4.08. The van der Waals surface area contributed by atoms with Crippen molar-refractivity contribution < 1.29 is 4.79 Å². The maximum Gasteiger partial charge on any atom is 0.226 e. The molecule has 2 heterocycles. The minimum Gasteiger partial charge on any atom is -0.311 e. The Morgan fingerprint density at radius 1 is 1.17 bits per heavy atom. The van der Waals surface area contributed by atoms with E-state index in [1.54, 1.807) is 0 Å². The lowest BCUT2D eigenvalue weighted by Gasteiger charge is -2.26. The number of carbonyl (C=O) groups excluding carboxylic acids is 1. The molecule has 1 N–H and O–H groups in total. The smallest absolute Gasteiger partial charge is 0.226 e. The Kier molecular flexibility index (Phi) is 3.47. The number of anilines is 1. The third kappa shape index (κ3) is 2.46. The van der Waals surface area contributed by atoms with Crippen LogP contribution in [0.5, 0.6) is 0 Å². The molecule has 1 fully saturated rings. The maximum absolute atomic E-state index is 12.3. The van der Waals surface area contributed by atoms with Crippen LogP contribution < -0.4 is 5.32 Å². The second kappa shape index (κ2) is 5.52. The maximum atomic E-state index is 12.3. The van der Waals surface area contributed by atoms with Gasteiger partial charge in [0.25, 0.3) is 0 Å². The molecule has 1 aliphatic carbocycles. The van der Waals surface area contributed by atoms with Crippen molar-refractivity contribution in [1.82, 2.24) is 9.78 Å². The van der Waals surface area contributed by atoms with Gasteiger partial charge in [-0.1, -0.05) is 36.6 Å². The van der Waals surface area contributed by atoms with Crippen molar-refractivity contribution in [2.45, 2.75) is 57.9 Å². The van der Waals surface area contributed by atoms with E-state index < -0.39 is 0 Å². The molecule has 4 rings (SSSR count). The molecule has 1 atom stereocenters. The molecular weight excluding hydrogens is 286 g/mol. The number of benzene rings is 1. The molecule has 1 aromatic heterocycles. The summed E-state index contributed by atoms with van der Waals surface area (Å²) in [6, 6.07) is 6.94. The summed E-state index contributed by atoms with van der Waals surface area (Å²) in [5.74, 6) is 1.15. The number of nitrogens with one attached hydrogen (secondary N) is 1. The number of nitrogens with zero attached hydrogens (tertiary/aromatic N) is 2. The third-order valence-corrected chi connectivity index (χ3v) is 5.33. The molecule has 1 saturated carbocycles. The first-order chi connectivity index (χ1) is 11.1. The summed E-state index contributed by atoms with van der Waals surface area (Å²) in [7, 11) is 0. The Labute approximate surface area is 136 Å². The largest absolute Gasteiger partial charge is 0.311 e. The third-order valence-electron chi connectivity index (χ3n) is 5.33. The number of aryl methyl sites for hydroxylation is 2. The van der Waals surface area contributed by atoms with Crippen LogP contribution in [-0.2, 0) is 4.79 Å². The Morgan fingerprint density at radius 3 is 2.74 bits per heavy atom. The van der Waals surface area contributed by atoms with Crippen molar-refractivity contribution in [2.75, 3.05) is 5.32 Å². The van der Waals surface area contributed by atoms with Gasteiger partial charge in [-0.2, -0.15) is 5.10 Å². The summed E-state index contributed by atoms with van der Waals surface area (Å²) < 4.78 is 2.07. The van der Waals surface area contributed by atoms with Crippen molar-refractivity contribution in [3.05, 3.63) is 46.6 Å². The van der Waals surface area contributed by atoms with Crippen LogP contribution in [0.2, 0.25) is 0 Å². The van der Waals surface area contributed by atoms with Crippen LogP contribution in [0.15, 0.2) is 24.4 Å². The normalized spacial score (nSPS) is 21.3. The zero-order chi connectivity index (χ0) is 16.0. The molecular formula is C19H23N3O. The monoisotopic (exact) mass is 309 g/mol. The fraction of sp³-hybridized carbons (Fsp3) is 0.474. The highest BCUT2D eigenvalue weighted by atomic mass is 16.1. The second-order valence-electron chi connectivity index (χ2n) is 7.00. The average Bonchev–Trinajstić information content (AvgIpc) is 3.17. The number of fused-ring (bicyclic) bond motifs is 1. The van der Waals surface area contributed by atoms with Crippen molar-refractivity contribution in [2.24, 2.45) is 0 Å². The van der Waals surface area contributed by atoms with Gasteiger partial charge in [-0.15, -0.1) is 0 Å². The first kappa shape index (κ1) is 14.5. The van der Waals surface area contributed by atoms with Gasteiger partial charge in [0, 0.05) is 17.9 Å². The lowest BCUT2D eigenvalue weighted by molar-refractivity contribution is -0.116. The van der Waals surface area contributed by atoms with Gasteiger partial charge in [-0.3, -0.25) is 4.79 Å². The van der Waals surface area contributed by atoms with Gasteiger partial charge in [-0.05, 0) is 37.8 Å². The van der Waals surface area contributed by atoms with Crippen molar-refractivity contribution >= 4 is 11.7 Å². The first-order valence-electron chi connectivity index (χ1n) is 8.58. The summed E-state index contributed by atoms with van der Waals surface area (Å²) in [5.41, 5.74) is 4.91. The van der Waals surface area contributed by atoms with Gasteiger partial charge in [0.05, 0.1) is 12.2 Å². The Balaban J connectivity index is 1.79. The summed E-state index contributed by atoms with van der Waals surface area (Å²) in [6.07, 6.45) is 7.32. The van der Waals surface area contributed by atoms with E-state index in [9.17, 15) is 4.79 Å². The number of hydrogen-bond donors (Lipinski definition) is 1. The first-order valence-corrected chi connectivity index (χ1v) is 8.58. The lowest BCUT2D eigenvalue weighted by Crippen LogP contribution is -2.26. The van der Waals surface area contributed by atoms with Gasteiger partial charge >= 0.3 is 0 Å². The van der Waals surface area contributed by atoms with Crippen LogP contribution in [0.4, 0.5) is 5.82 Å². The van der Waals surface area contributed by atoms with E-state index in [4.69, 9.17) is 0 Å². The molecule has 23 heavy (non-hydrogen) atoms. The summed E-state index contributed by atoms with van der Waals surface area (Å²) >= 11 is 0. The molecule has 0 radical (unpaired) electrons. The standard InChI is InChI=1S/C19H23N3O/c1-12-7-8-13(2)15(9-12)16-10-18(23)21-19-17(16)11-20-22(19)14-5-3-4-6-14/h7-9,11,14,16H,3-6,10H2,1-2H3,(H,21,23)/t16-/m1/s1. The van der Waals surface area contributed by atoms with Crippen LogP contribution in [0.1, 0.15) is 66.3 Å². The Hall–Kier alpha value is -2.10. The highest BCUT2D eigenvalue weighted by Gasteiger charge is 2.33. The zero-order valence-electron chi connectivity index (χ0n) is 13.8. The predicted molar refractivity (Wildman–Crippen MR) is 90.7 cm³/mol. The van der Waals surface area contributed by atoms with Crippen molar-refractivity contribution in [1.29, 1.82) is 0 Å². The van der Waals surface area contributed by atoms with Gasteiger partial charge in [0.2, 0.25) is 5.91 Å². The van der Waals surface area contributed by atoms with E-state index in [-0.39, 0.29) is 11.8 Å². The molecule has 4 nitrogen and oxygen atoms in total. The number of amides is 1. The second-order valence-corrected chi connectivity index (χ2v) is 7.00. The molecule has 0 unspecified atom stereocenters. The van der Waals surface area contributed by atoms with E-state index in [1.165, 1.54) is 35.1 Å². The molecule has 4 heteroatoms. The van der Waals surface area contributed by atoms with Gasteiger partial charge in [-0.25, -0.2) is 4.68 Å². The topological polar surface area (TPSA) is 46.9 Å². The van der Waals surface area contributed by atoms with Gasteiger partial charge in [0.15, 0.2) is 0 Å². The highest BCUT2D eigenvalue weighted by molar-refractivity contribution is 5.94. The van der Waals surface area contributed by atoms with Crippen LogP contribution in [0, 0.1) is 13.8 Å². The quantitative estimate of drug-likeness (QED) is 0.908. The van der Waals surface area contributed by atoms with Crippen LogP contribution >= 0.6 is 0 Å². The lowest BCUT2D eigenvalue weighted by atomic mass is 9.84. The molecule has 1 aliphatic heterocycles. The van der Waals surface area contributed by atoms with E-state index in [0.717, 1.165) is 18.7 Å². The molecule has 1 amide bonds. The van der Waals surface area contributed by atoms with Gasteiger partial charge in [0.1, 0.15) is 5.82 Å². The summed E-state index contributed by atoms with van der Waals surface area (Å²) in [6.45, 7) is 4.23. The Morgan fingerprint density at radius 2 is 1.96 bits per heavy atom. The minimum atomic E-state index is 0.100. The average molecular weight is 309 g/mol. The SMILES string of the molecule is Cc1ccc(C)c([C@H]2CC(=O)Nc3c2cnn3C2CCCC2)c1. The van der Waals surface area contributed by atoms with Crippen molar-refractivity contribution in [3.63, 3.8) is 0 Å². The fourth-order valence-corrected chi connectivity index (χ4v) is 4.08. The van der Waals surface area contributed by atoms with E-state index in [1.807, 2.05) is 6.20 Å². The van der Waals surface area contributed by atoms with Crippen LogP contribution in [0.3, 0.4) is 0 Å². The molecule has 0 saturated heterocycles. The number of carbonyl (C=O) groups is 1. The molecule has 120 valence electrons. The number of hydrogen-bond acceptors (Lipinski definition) is 2. The summed E-state index contributed by atoms with van der Waals surface area (Å²) in [5, 5.41) is 7.72. The molecule has 0 spiro atoms. The van der Waals surface area contributed by atoms with Crippen LogP contribution in [-0.4, -0.2) is 15.7 Å². The number of rotatable bonds is 2. The summed E-state index contributed by atoms with van der Waals surface area (Å²) in [4.78, 5) is 12.3. The highest BCUT2D eigenvalue weighted by Crippen LogP contribution is 2.41. The van der Waals surface area contributed by atoms with E-state index in [0.29, 0.717) is 12.5 Å². The van der Waals surface area contributed by atoms with E-state index in [2.05, 4.69) is 47.1 Å². The van der Waals surface area contributed by atoms with Gasteiger partial charge < -0.3 is 5.32 Å².